The molecule has 0 aliphatic heterocycles. The summed E-state index contributed by atoms with van der Waals surface area (Å²) in [4.78, 5) is 14.4. The molecule has 0 amide bonds. The molecule has 0 saturated heterocycles. The number of aromatic nitrogens is 1. The predicted molar refractivity (Wildman–Crippen MR) is 108 cm³/mol. The Balaban J connectivity index is 2.07. The Bertz CT molecular complexity index is 1240. The summed E-state index contributed by atoms with van der Waals surface area (Å²) < 4.78 is 25.2. The van der Waals surface area contributed by atoms with E-state index >= 15 is 0 Å². The Morgan fingerprint density at radius 2 is 1.80 bits per heavy atom. The molecule has 0 radical (unpaired) electrons. The third kappa shape index (κ3) is 3.94. The molecule has 8 heteroatoms. The van der Waals surface area contributed by atoms with Gasteiger partial charge in [-0.15, -0.1) is 0 Å². The number of halogens is 1. The van der Waals surface area contributed by atoms with Gasteiger partial charge in [-0.3, -0.25) is 4.79 Å². The molecular weight excluding hydrogens is 387 g/mol. The highest BCUT2D eigenvalue weighted by molar-refractivity contribution is 5.81. The van der Waals surface area contributed by atoms with Gasteiger partial charge in [0.05, 0.1) is 6.61 Å². The molecule has 0 fully saturated rings. The summed E-state index contributed by atoms with van der Waals surface area (Å²) in [7, 11) is 0. The highest BCUT2D eigenvalue weighted by Gasteiger charge is 2.20. The van der Waals surface area contributed by atoms with Gasteiger partial charge >= 0.3 is 0 Å². The minimum Gasteiger partial charge on any atom is -0.490 e. The number of anilines is 1. The topological polar surface area (TPSA) is 125 Å². The fourth-order valence-corrected chi connectivity index (χ4v) is 2.95. The van der Waals surface area contributed by atoms with Crippen molar-refractivity contribution in [3.8, 4) is 34.8 Å². The average molecular weight is 404 g/mol. The summed E-state index contributed by atoms with van der Waals surface area (Å²) >= 11 is 0. The Morgan fingerprint density at radius 3 is 2.47 bits per heavy atom. The second kappa shape index (κ2) is 8.80. The summed E-state index contributed by atoms with van der Waals surface area (Å²) in [6.45, 7) is 2.07. The van der Waals surface area contributed by atoms with Gasteiger partial charge in [0, 0.05) is 11.1 Å². The van der Waals surface area contributed by atoms with Crippen molar-refractivity contribution in [1.82, 2.24) is 4.98 Å². The second-order valence-electron chi connectivity index (χ2n) is 6.19. The van der Waals surface area contributed by atoms with Crippen molar-refractivity contribution in [2.45, 2.75) is 13.5 Å². The number of nitrogens with one attached hydrogen (secondary N) is 1. The number of nitrogens with two attached hydrogens (primary N) is 1. The number of pyridine rings is 1. The van der Waals surface area contributed by atoms with Crippen LogP contribution in [0.2, 0.25) is 0 Å². The molecule has 0 atom stereocenters. The highest BCUT2D eigenvalue weighted by Crippen LogP contribution is 2.36. The number of hydrogen-bond donors (Lipinski definition) is 2. The Morgan fingerprint density at radius 1 is 1.07 bits per heavy atom. The predicted octanol–water partition coefficient (Wildman–Crippen LogP) is 3.48. The molecule has 1 aromatic heterocycles. The maximum absolute atomic E-state index is 13.9. The lowest BCUT2D eigenvalue weighted by molar-refractivity contribution is 0.266. The summed E-state index contributed by atoms with van der Waals surface area (Å²) in [5, 5.41) is 18.9. The molecule has 0 unspecified atom stereocenters. The first-order valence-electron chi connectivity index (χ1n) is 8.99. The van der Waals surface area contributed by atoms with Crippen molar-refractivity contribution < 1.29 is 13.9 Å². The van der Waals surface area contributed by atoms with E-state index in [-0.39, 0.29) is 34.9 Å². The molecule has 0 aliphatic rings. The first kappa shape index (κ1) is 20.4. The van der Waals surface area contributed by atoms with Gasteiger partial charge in [0.15, 0.2) is 11.5 Å². The SMILES string of the molecule is CCOc1cc(-c2c(C#N)c(N)[nH]c(=O)c2C#N)ccc1OCc1ccccc1F. The zero-order valence-electron chi connectivity index (χ0n) is 16.0. The molecule has 150 valence electrons. The number of aromatic amines is 1. The van der Waals surface area contributed by atoms with Gasteiger partial charge < -0.3 is 20.2 Å². The number of H-pyrrole nitrogens is 1. The number of nitrogens with zero attached hydrogens (tertiary/aromatic N) is 2. The van der Waals surface area contributed by atoms with Crippen LogP contribution in [0, 0.1) is 28.5 Å². The molecule has 30 heavy (non-hydrogen) atoms. The van der Waals surface area contributed by atoms with Crippen molar-refractivity contribution in [2.75, 3.05) is 12.3 Å². The van der Waals surface area contributed by atoms with Crippen LogP contribution in [0.4, 0.5) is 10.2 Å². The standard InChI is InChI=1S/C22H17FN4O3/c1-2-29-19-9-13(20-15(10-24)21(26)27-22(28)16(20)11-25)7-8-18(19)30-12-14-5-3-4-6-17(14)23/h3-9H,2,12H2,1H3,(H3,26,27,28). The lowest BCUT2D eigenvalue weighted by atomic mass is 9.96. The van der Waals surface area contributed by atoms with E-state index in [9.17, 15) is 19.7 Å². The first-order valence-corrected chi connectivity index (χ1v) is 8.99. The lowest BCUT2D eigenvalue weighted by Gasteiger charge is -2.15. The van der Waals surface area contributed by atoms with Gasteiger partial charge in [-0.25, -0.2) is 4.39 Å². The molecule has 7 nitrogen and oxygen atoms in total. The van der Waals surface area contributed by atoms with Crippen LogP contribution in [-0.4, -0.2) is 11.6 Å². The molecule has 3 aromatic rings. The lowest BCUT2D eigenvalue weighted by Crippen LogP contribution is -2.16. The molecule has 2 aromatic carbocycles. The number of benzene rings is 2. The maximum atomic E-state index is 13.9. The second-order valence-corrected chi connectivity index (χ2v) is 6.19. The van der Waals surface area contributed by atoms with E-state index in [0.29, 0.717) is 29.2 Å². The van der Waals surface area contributed by atoms with Crippen molar-refractivity contribution in [3.05, 3.63) is 75.3 Å². The van der Waals surface area contributed by atoms with Crippen molar-refractivity contribution in [1.29, 1.82) is 10.5 Å². The third-order valence-corrected chi connectivity index (χ3v) is 4.34. The van der Waals surface area contributed by atoms with Crippen molar-refractivity contribution >= 4 is 5.82 Å². The molecule has 3 N–H and O–H groups in total. The molecular formula is C22H17FN4O3. The van der Waals surface area contributed by atoms with Gasteiger partial charge in [-0.2, -0.15) is 10.5 Å². The fraction of sp³-hybridized carbons (Fsp3) is 0.136. The van der Waals surface area contributed by atoms with Crippen LogP contribution in [0.25, 0.3) is 11.1 Å². The quantitative estimate of drug-likeness (QED) is 0.648. The van der Waals surface area contributed by atoms with E-state index < -0.39 is 5.56 Å². The maximum Gasteiger partial charge on any atom is 0.268 e. The minimum absolute atomic E-state index is 0.0169. The Kier molecular flexibility index (Phi) is 6.00. The van der Waals surface area contributed by atoms with Crippen LogP contribution in [0.3, 0.4) is 0 Å². The number of nitrogen functional groups attached to an aromatic ring is 1. The Hall–Kier alpha value is -4.30. The number of nitriles is 2. The number of hydrogen-bond acceptors (Lipinski definition) is 6. The van der Waals surface area contributed by atoms with Crippen LogP contribution in [0.5, 0.6) is 11.5 Å². The molecule has 0 saturated carbocycles. The van der Waals surface area contributed by atoms with E-state index in [1.54, 1.807) is 43.3 Å². The van der Waals surface area contributed by atoms with Crippen LogP contribution in [-0.2, 0) is 6.61 Å². The average Bonchev–Trinajstić information content (AvgIpc) is 2.73. The van der Waals surface area contributed by atoms with Crippen LogP contribution < -0.4 is 20.8 Å². The molecule has 3 rings (SSSR count). The van der Waals surface area contributed by atoms with Gasteiger partial charge in [0.25, 0.3) is 5.56 Å². The monoisotopic (exact) mass is 404 g/mol. The van der Waals surface area contributed by atoms with E-state index in [1.807, 2.05) is 12.1 Å². The van der Waals surface area contributed by atoms with Gasteiger partial charge in [0.2, 0.25) is 0 Å². The highest BCUT2D eigenvalue weighted by atomic mass is 19.1. The summed E-state index contributed by atoms with van der Waals surface area (Å²) in [6.07, 6.45) is 0. The van der Waals surface area contributed by atoms with Gasteiger partial charge in [-0.05, 0) is 30.7 Å². The van der Waals surface area contributed by atoms with Crippen LogP contribution >= 0.6 is 0 Å². The number of ether oxygens (including phenoxy) is 2. The van der Waals surface area contributed by atoms with Crippen LogP contribution in [0.1, 0.15) is 23.6 Å². The minimum atomic E-state index is -0.693. The Labute approximate surface area is 171 Å². The van der Waals surface area contributed by atoms with Gasteiger partial charge in [0.1, 0.15) is 41.5 Å². The van der Waals surface area contributed by atoms with Crippen molar-refractivity contribution in [3.63, 3.8) is 0 Å². The van der Waals surface area contributed by atoms with E-state index in [4.69, 9.17) is 15.2 Å². The largest absolute Gasteiger partial charge is 0.490 e. The normalized spacial score (nSPS) is 10.1. The van der Waals surface area contributed by atoms with E-state index in [1.165, 1.54) is 6.07 Å². The number of rotatable bonds is 6. The van der Waals surface area contributed by atoms with E-state index in [2.05, 4.69) is 4.98 Å². The third-order valence-electron chi connectivity index (χ3n) is 4.34. The van der Waals surface area contributed by atoms with E-state index in [0.717, 1.165) is 0 Å². The van der Waals surface area contributed by atoms with Gasteiger partial charge in [-0.1, -0.05) is 24.3 Å². The summed E-state index contributed by atoms with van der Waals surface area (Å²) in [5.74, 6) is 0.148. The molecule has 0 spiro atoms. The molecule has 0 bridgehead atoms. The molecule has 1 heterocycles. The fourth-order valence-electron chi connectivity index (χ4n) is 2.95. The van der Waals surface area contributed by atoms with Crippen LogP contribution in [0.15, 0.2) is 47.3 Å². The zero-order valence-corrected chi connectivity index (χ0v) is 16.0. The first-order chi connectivity index (χ1) is 14.5. The van der Waals surface area contributed by atoms with Crippen molar-refractivity contribution in [2.24, 2.45) is 0 Å². The molecule has 0 aliphatic carbocycles. The summed E-state index contributed by atoms with van der Waals surface area (Å²) in [5.41, 5.74) is 5.71. The zero-order chi connectivity index (χ0) is 21.7. The summed E-state index contributed by atoms with van der Waals surface area (Å²) in [6, 6.07) is 14.7. The smallest absolute Gasteiger partial charge is 0.268 e.